The van der Waals surface area contributed by atoms with Gasteiger partial charge in [-0.1, -0.05) is 26.8 Å². The molecule has 0 saturated carbocycles. The van der Waals surface area contributed by atoms with Crippen molar-refractivity contribution in [3.8, 4) is 0 Å². The Labute approximate surface area is 123 Å². The van der Waals surface area contributed by atoms with Crippen LogP contribution in [0.2, 0.25) is 13.1 Å². The molecule has 0 aliphatic carbocycles. The van der Waals surface area contributed by atoms with Gasteiger partial charge in [0.2, 0.25) is 9.04 Å². The number of carbonyl (C=O) groups excluding carboxylic acids is 1. The molecule has 20 heavy (non-hydrogen) atoms. The fraction of sp³-hybridized carbons (Fsp3) is 0.600. The van der Waals surface area contributed by atoms with E-state index in [1.165, 1.54) is 6.92 Å². The van der Waals surface area contributed by atoms with Gasteiger partial charge in [-0.15, -0.1) is 0 Å². The first kappa shape index (κ1) is 16.9. The van der Waals surface area contributed by atoms with Crippen LogP contribution >= 0.6 is 0 Å². The highest BCUT2D eigenvalue weighted by Crippen LogP contribution is 2.37. The van der Waals surface area contributed by atoms with Crippen molar-refractivity contribution in [3.63, 3.8) is 0 Å². The van der Waals surface area contributed by atoms with Crippen molar-refractivity contribution in [2.75, 3.05) is 0 Å². The number of nitrogens with zero attached hydrogens (tertiary/aromatic N) is 1. The molecule has 0 spiro atoms. The minimum Gasteiger partial charge on any atom is -0.459 e. The van der Waals surface area contributed by atoms with Gasteiger partial charge in [0.1, 0.15) is 6.61 Å². The molecule has 1 atom stereocenters. The topological polar surface area (TPSA) is 48.4 Å². The quantitative estimate of drug-likeness (QED) is 0.616. The second-order valence-corrected chi connectivity index (χ2v) is 8.14. The summed E-state index contributed by atoms with van der Waals surface area (Å²) in [7, 11) is -0.846. The lowest BCUT2D eigenvalue weighted by molar-refractivity contribution is -0.142. The molecule has 111 valence electrons. The third-order valence-corrected chi connectivity index (χ3v) is 3.47. The molecule has 5 heteroatoms. The number of pyridine rings is 1. The monoisotopic (exact) mass is 294 g/mol. The number of hydrogen-bond acceptors (Lipinski definition) is 4. The van der Waals surface area contributed by atoms with Crippen molar-refractivity contribution in [2.45, 2.75) is 53.5 Å². The molecule has 1 aromatic rings. The van der Waals surface area contributed by atoms with Crippen molar-refractivity contribution >= 4 is 15.0 Å². The highest BCUT2D eigenvalue weighted by Gasteiger charge is 2.30. The van der Waals surface area contributed by atoms with Crippen LogP contribution in [0.5, 0.6) is 0 Å². The number of esters is 1. The van der Waals surface area contributed by atoms with Gasteiger partial charge in [0.05, 0.1) is 11.8 Å². The summed E-state index contributed by atoms with van der Waals surface area (Å²) in [5.41, 5.74) is 1.73. The van der Waals surface area contributed by atoms with Crippen LogP contribution in [-0.2, 0) is 20.6 Å². The molecule has 0 amide bonds. The van der Waals surface area contributed by atoms with E-state index in [9.17, 15) is 4.79 Å². The van der Waals surface area contributed by atoms with Gasteiger partial charge in [-0.3, -0.25) is 9.78 Å². The maximum Gasteiger partial charge on any atom is 0.303 e. The van der Waals surface area contributed by atoms with Crippen LogP contribution in [0.1, 0.15) is 45.1 Å². The number of hydrogen-bond donors (Lipinski definition) is 0. The summed E-state index contributed by atoms with van der Waals surface area (Å²) in [5.74, 6) is -0.300. The lowest BCUT2D eigenvalue weighted by atomic mass is 9.84. The molecule has 1 heterocycles. The highest BCUT2D eigenvalue weighted by molar-refractivity contribution is 6.48. The zero-order chi connectivity index (χ0) is 15.3. The first-order valence-electron chi connectivity index (χ1n) is 6.75. The van der Waals surface area contributed by atoms with Gasteiger partial charge in [-0.05, 0) is 24.6 Å². The largest absolute Gasteiger partial charge is 0.459 e. The van der Waals surface area contributed by atoms with Crippen LogP contribution in [0.3, 0.4) is 0 Å². The fourth-order valence-electron chi connectivity index (χ4n) is 1.92. The first-order valence-corrected chi connectivity index (χ1v) is 9.16. The summed E-state index contributed by atoms with van der Waals surface area (Å²) in [5, 5.41) is 0. The van der Waals surface area contributed by atoms with Gasteiger partial charge in [0, 0.05) is 18.7 Å². The molecule has 0 N–H and O–H groups in total. The minimum atomic E-state index is -0.846. The smallest absolute Gasteiger partial charge is 0.303 e. The molecule has 0 aromatic carbocycles. The van der Waals surface area contributed by atoms with Crippen LogP contribution in [0.25, 0.3) is 0 Å². The third kappa shape index (κ3) is 5.05. The predicted molar refractivity (Wildman–Crippen MR) is 80.5 cm³/mol. The highest BCUT2D eigenvalue weighted by atomic mass is 28.3. The van der Waals surface area contributed by atoms with E-state index in [0.29, 0.717) is 0 Å². The molecule has 0 aliphatic heterocycles. The minimum absolute atomic E-state index is 0.0457. The molecule has 0 saturated heterocycles. The van der Waals surface area contributed by atoms with Crippen molar-refractivity contribution in [3.05, 3.63) is 29.6 Å². The Morgan fingerprint density at radius 2 is 2.05 bits per heavy atom. The fourth-order valence-corrected chi connectivity index (χ4v) is 2.87. The summed E-state index contributed by atoms with van der Waals surface area (Å²) in [6, 6.07) is 3.90. The Balaban J connectivity index is 3.09. The average Bonchev–Trinajstić information content (AvgIpc) is 2.32. The maximum atomic E-state index is 11.0. The van der Waals surface area contributed by atoms with Gasteiger partial charge < -0.3 is 9.16 Å². The second kappa shape index (κ2) is 6.99. The molecule has 1 radical (unpaired) electrons. The molecule has 4 nitrogen and oxygen atoms in total. The standard InChI is InChI=1S/C15H24NO3Si/c1-11(17)18-10-13-12(8-7-9-16-13)14(15(2,3)4)19-20(5)6/h7-9,14H,10H2,1-6H3. The Morgan fingerprint density at radius 3 is 2.55 bits per heavy atom. The molecule has 0 bridgehead atoms. The zero-order valence-corrected chi connectivity index (χ0v) is 14.2. The van der Waals surface area contributed by atoms with Crippen LogP contribution in [0.15, 0.2) is 18.3 Å². The van der Waals surface area contributed by atoms with Crippen molar-refractivity contribution in [1.82, 2.24) is 4.98 Å². The van der Waals surface area contributed by atoms with E-state index < -0.39 is 9.04 Å². The van der Waals surface area contributed by atoms with Gasteiger partial charge >= 0.3 is 5.97 Å². The molecule has 0 aliphatic rings. The maximum absolute atomic E-state index is 11.0. The van der Waals surface area contributed by atoms with Crippen LogP contribution < -0.4 is 0 Å². The SMILES string of the molecule is CC(=O)OCc1ncccc1C(O[Si](C)C)C(C)(C)C. The number of carbonyl (C=O) groups is 1. The van der Waals surface area contributed by atoms with Crippen LogP contribution in [0.4, 0.5) is 0 Å². The van der Waals surface area contributed by atoms with E-state index in [4.69, 9.17) is 9.16 Å². The average molecular weight is 294 g/mol. The molecule has 1 aromatic heterocycles. The van der Waals surface area contributed by atoms with E-state index in [-0.39, 0.29) is 24.1 Å². The summed E-state index contributed by atoms with van der Waals surface area (Å²) in [4.78, 5) is 15.3. The van der Waals surface area contributed by atoms with E-state index in [1.54, 1.807) is 6.20 Å². The molecule has 0 fully saturated rings. The Bertz CT molecular complexity index is 455. The normalized spacial score (nSPS) is 13.3. The van der Waals surface area contributed by atoms with Crippen LogP contribution in [0, 0.1) is 5.41 Å². The van der Waals surface area contributed by atoms with Crippen molar-refractivity contribution in [1.29, 1.82) is 0 Å². The zero-order valence-electron chi connectivity index (χ0n) is 13.2. The molecule has 1 rings (SSSR count). The van der Waals surface area contributed by atoms with Crippen LogP contribution in [-0.4, -0.2) is 20.0 Å². The predicted octanol–water partition coefficient (Wildman–Crippen LogP) is 3.50. The Kier molecular flexibility index (Phi) is 5.89. The van der Waals surface area contributed by atoms with Gasteiger partial charge in [0.15, 0.2) is 0 Å². The summed E-state index contributed by atoms with van der Waals surface area (Å²) in [6.45, 7) is 12.3. The number of rotatable bonds is 5. The lowest BCUT2D eigenvalue weighted by Crippen LogP contribution is -2.27. The lowest BCUT2D eigenvalue weighted by Gasteiger charge is -2.33. The number of ether oxygens (including phenoxy) is 1. The molecular formula is C15H24NO3Si. The summed E-state index contributed by atoms with van der Waals surface area (Å²) in [6.07, 6.45) is 1.66. The Morgan fingerprint density at radius 1 is 1.40 bits per heavy atom. The van der Waals surface area contributed by atoms with Crippen molar-refractivity contribution in [2.24, 2.45) is 5.41 Å². The van der Waals surface area contributed by atoms with E-state index in [2.05, 4.69) is 38.8 Å². The van der Waals surface area contributed by atoms with Crippen molar-refractivity contribution < 1.29 is 14.0 Å². The number of aromatic nitrogens is 1. The van der Waals surface area contributed by atoms with Gasteiger partial charge in [-0.2, -0.15) is 0 Å². The van der Waals surface area contributed by atoms with E-state index >= 15 is 0 Å². The van der Waals surface area contributed by atoms with E-state index in [1.807, 2.05) is 12.1 Å². The van der Waals surface area contributed by atoms with Gasteiger partial charge in [0.25, 0.3) is 0 Å². The van der Waals surface area contributed by atoms with Gasteiger partial charge in [-0.25, -0.2) is 0 Å². The summed E-state index contributed by atoms with van der Waals surface area (Å²) < 4.78 is 11.3. The first-order chi connectivity index (χ1) is 9.21. The summed E-state index contributed by atoms with van der Waals surface area (Å²) >= 11 is 0. The molecular weight excluding hydrogens is 270 g/mol. The second-order valence-electron chi connectivity index (χ2n) is 6.09. The van der Waals surface area contributed by atoms with E-state index in [0.717, 1.165) is 11.3 Å². The molecule has 1 unspecified atom stereocenters. The third-order valence-electron chi connectivity index (χ3n) is 2.76. The Hall–Kier alpha value is -1.20.